The summed E-state index contributed by atoms with van der Waals surface area (Å²) in [7, 11) is 0. The van der Waals surface area contributed by atoms with E-state index in [1.807, 2.05) is 12.3 Å². The van der Waals surface area contributed by atoms with Gasteiger partial charge in [-0.15, -0.1) is 11.3 Å². The molecule has 0 spiro atoms. The maximum Gasteiger partial charge on any atom is 0.123 e. The molecule has 0 saturated heterocycles. The Morgan fingerprint density at radius 1 is 1.41 bits per heavy atom. The van der Waals surface area contributed by atoms with Crippen molar-refractivity contribution in [3.63, 3.8) is 0 Å². The van der Waals surface area contributed by atoms with Gasteiger partial charge < -0.3 is 0 Å². The summed E-state index contributed by atoms with van der Waals surface area (Å²) in [6, 6.07) is 6.66. The predicted molar refractivity (Wildman–Crippen MR) is 77.3 cm³/mol. The van der Waals surface area contributed by atoms with Crippen LogP contribution in [0.5, 0.6) is 0 Å². The van der Waals surface area contributed by atoms with Crippen molar-refractivity contribution in [3.8, 4) is 0 Å². The SMILES string of the molecule is Cc1ccc(F)cc1C(NN)c1csc(I)c1. The van der Waals surface area contributed by atoms with Gasteiger partial charge in [0, 0.05) is 0 Å². The predicted octanol–water partition coefficient (Wildman–Crippen LogP) is 3.35. The average Bonchev–Trinajstić information content (AvgIpc) is 2.71. The largest absolute Gasteiger partial charge is 0.271 e. The molecule has 2 nitrogen and oxygen atoms in total. The van der Waals surface area contributed by atoms with E-state index < -0.39 is 0 Å². The van der Waals surface area contributed by atoms with E-state index in [-0.39, 0.29) is 11.9 Å². The number of hydrogen-bond acceptors (Lipinski definition) is 3. The van der Waals surface area contributed by atoms with Crippen LogP contribution in [0.25, 0.3) is 0 Å². The van der Waals surface area contributed by atoms with Crippen LogP contribution >= 0.6 is 33.9 Å². The Labute approximate surface area is 117 Å². The van der Waals surface area contributed by atoms with Gasteiger partial charge in [0.2, 0.25) is 0 Å². The molecule has 1 unspecified atom stereocenters. The quantitative estimate of drug-likeness (QED) is 0.499. The van der Waals surface area contributed by atoms with Gasteiger partial charge in [0.1, 0.15) is 5.82 Å². The summed E-state index contributed by atoms with van der Waals surface area (Å²) in [6.45, 7) is 1.95. The van der Waals surface area contributed by atoms with Crippen LogP contribution in [-0.4, -0.2) is 0 Å². The lowest BCUT2D eigenvalue weighted by Gasteiger charge is -2.17. The molecule has 1 atom stereocenters. The van der Waals surface area contributed by atoms with Crippen molar-refractivity contribution < 1.29 is 4.39 Å². The molecule has 0 saturated carbocycles. The van der Waals surface area contributed by atoms with Gasteiger partial charge >= 0.3 is 0 Å². The number of benzene rings is 1. The van der Waals surface area contributed by atoms with E-state index in [9.17, 15) is 4.39 Å². The number of nitrogens with two attached hydrogens (primary N) is 1. The summed E-state index contributed by atoms with van der Waals surface area (Å²) in [5.41, 5.74) is 5.72. The fraction of sp³-hybridized carbons (Fsp3) is 0.167. The normalized spacial score (nSPS) is 12.7. The lowest BCUT2D eigenvalue weighted by Crippen LogP contribution is -2.29. The zero-order valence-corrected chi connectivity index (χ0v) is 12.2. The molecule has 0 radical (unpaired) electrons. The van der Waals surface area contributed by atoms with Gasteiger partial charge in [0.15, 0.2) is 0 Å². The molecule has 0 bridgehead atoms. The van der Waals surface area contributed by atoms with Gasteiger partial charge in [-0.2, -0.15) is 0 Å². The first-order valence-corrected chi connectivity index (χ1v) is 7.03. The van der Waals surface area contributed by atoms with Crippen LogP contribution in [0.2, 0.25) is 0 Å². The molecule has 1 heterocycles. The summed E-state index contributed by atoms with van der Waals surface area (Å²) in [5, 5.41) is 2.04. The summed E-state index contributed by atoms with van der Waals surface area (Å²) < 4.78 is 14.5. The highest BCUT2D eigenvalue weighted by Gasteiger charge is 2.16. The minimum atomic E-state index is -0.240. The fourth-order valence-electron chi connectivity index (χ4n) is 1.76. The fourth-order valence-corrected chi connectivity index (χ4v) is 3.16. The van der Waals surface area contributed by atoms with Gasteiger partial charge in [0.25, 0.3) is 0 Å². The summed E-state index contributed by atoms with van der Waals surface area (Å²) >= 11 is 3.91. The van der Waals surface area contributed by atoms with Crippen molar-refractivity contribution in [2.24, 2.45) is 5.84 Å². The number of halogens is 2. The number of hydrogen-bond donors (Lipinski definition) is 2. The molecule has 1 aromatic carbocycles. The van der Waals surface area contributed by atoms with Gasteiger partial charge in [-0.1, -0.05) is 6.07 Å². The van der Waals surface area contributed by atoms with Gasteiger partial charge in [-0.05, 0) is 69.8 Å². The highest BCUT2D eigenvalue weighted by molar-refractivity contribution is 14.1. The Morgan fingerprint density at radius 3 is 2.76 bits per heavy atom. The molecule has 2 aromatic rings. The highest BCUT2D eigenvalue weighted by atomic mass is 127. The summed E-state index contributed by atoms with van der Waals surface area (Å²) in [5.74, 6) is 5.35. The minimum Gasteiger partial charge on any atom is -0.271 e. The number of rotatable bonds is 3. The van der Waals surface area contributed by atoms with Crippen molar-refractivity contribution >= 4 is 33.9 Å². The number of aryl methyl sites for hydroxylation is 1. The smallest absolute Gasteiger partial charge is 0.123 e. The monoisotopic (exact) mass is 362 g/mol. The van der Waals surface area contributed by atoms with Crippen molar-refractivity contribution in [3.05, 3.63) is 55.0 Å². The molecule has 2 rings (SSSR count). The third-order valence-corrected chi connectivity index (χ3v) is 4.45. The Hall–Kier alpha value is -0.500. The van der Waals surface area contributed by atoms with Gasteiger partial charge in [-0.25, -0.2) is 9.82 Å². The lowest BCUT2D eigenvalue weighted by atomic mass is 9.97. The molecule has 17 heavy (non-hydrogen) atoms. The Bertz CT molecular complexity index is 527. The Morgan fingerprint density at radius 2 is 2.18 bits per heavy atom. The second kappa shape index (κ2) is 5.43. The van der Waals surface area contributed by atoms with E-state index in [1.54, 1.807) is 17.4 Å². The topological polar surface area (TPSA) is 38.0 Å². The van der Waals surface area contributed by atoms with Crippen molar-refractivity contribution in [1.29, 1.82) is 0 Å². The third kappa shape index (κ3) is 2.85. The van der Waals surface area contributed by atoms with Crippen LogP contribution < -0.4 is 11.3 Å². The second-order valence-electron chi connectivity index (χ2n) is 3.78. The number of hydrazine groups is 1. The Kier molecular flexibility index (Phi) is 4.13. The van der Waals surface area contributed by atoms with Crippen LogP contribution in [0.15, 0.2) is 29.6 Å². The number of nitrogens with one attached hydrogen (secondary N) is 1. The minimum absolute atomic E-state index is 0.162. The molecule has 0 aliphatic rings. The number of thiophene rings is 1. The summed E-state index contributed by atoms with van der Waals surface area (Å²) in [4.78, 5) is 0. The van der Waals surface area contributed by atoms with Crippen LogP contribution in [-0.2, 0) is 0 Å². The first kappa shape index (κ1) is 12.9. The second-order valence-corrected chi connectivity index (χ2v) is 6.59. The van der Waals surface area contributed by atoms with E-state index in [0.717, 1.165) is 16.7 Å². The van der Waals surface area contributed by atoms with E-state index in [0.29, 0.717) is 0 Å². The van der Waals surface area contributed by atoms with E-state index in [4.69, 9.17) is 5.84 Å². The van der Waals surface area contributed by atoms with Crippen LogP contribution in [0.1, 0.15) is 22.7 Å². The highest BCUT2D eigenvalue weighted by Crippen LogP contribution is 2.29. The molecule has 0 aliphatic heterocycles. The van der Waals surface area contributed by atoms with E-state index in [2.05, 4.69) is 34.1 Å². The third-order valence-electron chi connectivity index (χ3n) is 2.64. The molecule has 90 valence electrons. The standard InChI is InChI=1S/C12H12FIN2S/c1-7-2-3-9(13)5-10(7)12(16-15)8-4-11(14)17-6-8/h2-6,12,16H,15H2,1H3. The van der Waals surface area contributed by atoms with Crippen LogP contribution in [0.4, 0.5) is 4.39 Å². The van der Waals surface area contributed by atoms with Crippen molar-refractivity contribution in [1.82, 2.24) is 5.43 Å². The maximum atomic E-state index is 13.3. The van der Waals surface area contributed by atoms with Crippen molar-refractivity contribution in [2.45, 2.75) is 13.0 Å². The van der Waals surface area contributed by atoms with Crippen LogP contribution in [0, 0.1) is 15.6 Å². The van der Waals surface area contributed by atoms with Crippen LogP contribution in [0.3, 0.4) is 0 Å². The first-order chi connectivity index (χ1) is 8.11. The van der Waals surface area contributed by atoms with Crippen molar-refractivity contribution in [2.75, 3.05) is 0 Å². The molecule has 3 N–H and O–H groups in total. The van der Waals surface area contributed by atoms with Gasteiger partial charge in [-0.3, -0.25) is 5.84 Å². The molecule has 5 heteroatoms. The molecule has 0 aliphatic carbocycles. The molecular formula is C12H12FIN2S. The maximum absolute atomic E-state index is 13.3. The first-order valence-electron chi connectivity index (χ1n) is 5.08. The zero-order chi connectivity index (χ0) is 12.4. The zero-order valence-electron chi connectivity index (χ0n) is 9.21. The van der Waals surface area contributed by atoms with Gasteiger partial charge in [0.05, 0.1) is 8.93 Å². The molecular weight excluding hydrogens is 350 g/mol. The van der Waals surface area contributed by atoms with E-state index in [1.165, 1.54) is 15.0 Å². The Balaban J connectivity index is 2.45. The average molecular weight is 362 g/mol. The molecule has 1 aromatic heterocycles. The molecule has 0 amide bonds. The summed E-state index contributed by atoms with van der Waals surface area (Å²) in [6.07, 6.45) is 0. The molecule has 0 fully saturated rings. The van der Waals surface area contributed by atoms with E-state index >= 15 is 0 Å². The lowest BCUT2D eigenvalue weighted by molar-refractivity contribution is 0.603.